The molecule has 1 heterocycles. The summed E-state index contributed by atoms with van der Waals surface area (Å²) in [5.74, 6) is 0.459. The van der Waals surface area contributed by atoms with Crippen LogP contribution in [0.5, 0.6) is 0 Å². The van der Waals surface area contributed by atoms with E-state index in [0.29, 0.717) is 13.2 Å². The first-order chi connectivity index (χ1) is 11.2. The Morgan fingerprint density at radius 3 is 2.61 bits per heavy atom. The van der Waals surface area contributed by atoms with Gasteiger partial charge in [0.25, 0.3) is 0 Å². The average molecular weight is 331 g/mol. The normalized spacial score (nSPS) is 19.4. The van der Waals surface area contributed by atoms with Crippen LogP contribution in [0.4, 0.5) is 5.69 Å². The Kier molecular flexibility index (Phi) is 4.94. The van der Waals surface area contributed by atoms with Crippen molar-refractivity contribution in [1.82, 2.24) is 4.98 Å². The third kappa shape index (κ3) is 3.71. The Morgan fingerprint density at radius 1 is 1.26 bits per heavy atom. The Hall–Kier alpha value is -1.91. The first-order valence-corrected chi connectivity index (χ1v) is 8.04. The third-order valence-electron chi connectivity index (χ3n) is 4.17. The number of rotatable bonds is 6. The molecule has 0 unspecified atom stereocenters. The largest absolute Gasteiger partial charge is 0.383 e. The van der Waals surface area contributed by atoms with E-state index in [4.69, 9.17) is 16.3 Å². The van der Waals surface area contributed by atoms with Gasteiger partial charge in [0, 0.05) is 42.7 Å². The molecule has 1 saturated carbocycles. The minimum Gasteiger partial charge on any atom is -0.383 e. The lowest BCUT2D eigenvalue weighted by Crippen LogP contribution is -2.35. The van der Waals surface area contributed by atoms with Crippen LogP contribution in [-0.2, 0) is 9.53 Å². The van der Waals surface area contributed by atoms with E-state index >= 15 is 0 Å². The van der Waals surface area contributed by atoms with Crippen molar-refractivity contribution in [2.45, 2.75) is 12.3 Å². The van der Waals surface area contributed by atoms with Crippen LogP contribution in [-0.4, -0.2) is 31.2 Å². The van der Waals surface area contributed by atoms with E-state index in [9.17, 15) is 4.79 Å². The first kappa shape index (κ1) is 16.0. The van der Waals surface area contributed by atoms with E-state index in [0.717, 1.165) is 17.1 Å². The number of benzene rings is 1. The van der Waals surface area contributed by atoms with Crippen molar-refractivity contribution in [1.29, 1.82) is 0 Å². The number of carbonyl (C=O) groups excluding carboxylic acids is 1. The van der Waals surface area contributed by atoms with Crippen LogP contribution < -0.4 is 4.90 Å². The molecule has 1 aliphatic carbocycles. The summed E-state index contributed by atoms with van der Waals surface area (Å²) in [4.78, 5) is 18.7. The van der Waals surface area contributed by atoms with Gasteiger partial charge in [-0.1, -0.05) is 23.7 Å². The minimum atomic E-state index is 0.0289. The van der Waals surface area contributed by atoms with Gasteiger partial charge in [-0.15, -0.1) is 0 Å². The summed E-state index contributed by atoms with van der Waals surface area (Å²) in [7, 11) is 1.64. The van der Waals surface area contributed by atoms with Gasteiger partial charge in [0.15, 0.2) is 0 Å². The fraction of sp³-hybridized carbons (Fsp3) is 0.333. The second-order valence-corrected chi connectivity index (χ2v) is 6.12. The van der Waals surface area contributed by atoms with Gasteiger partial charge >= 0.3 is 0 Å². The van der Waals surface area contributed by atoms with Crippen molar-refractivity contribution in [3.8, 4) is 0 Å². The maximum Gasteiger partial charge on any atom is 0.230 e. The molecule has 1 aliphatic rings. The Morgan fingerprint density at radius 2 is 1.96 bits per heavy atom. The van der Waals surface area contributed by atoms with Crippen LogP contribution in [0.2, 0.25) is 5.02 Å². The highest BCUT2D eigenvalue weighted by Crippen LogP contribution is 2.49. The fourth-order valence-electron chi connectivity index (χ4n) is 2.82. The molecule has 0 saturated heterocycles. The molecule has 5 heteroatoms. The number of pyridine rings is 1. The van der Waals surface area contributed by atoms with Crippen LogP contribution in [0, 0.1) is 5.92 Å². The van der Waals surface area contributed by atoms with Crippen molar-refractivity contribution in [3.05, 3.63) is 59.4 Å². The second kappa shape index (κ2) is 7.11. The molecule has 0 bridgehead atoms. The van der Waals surface area contributed by atoms with Gasteiger partial charge in [-0.05, 0) is 42.2 Å². The molecule has 2 atom stereocenters. The van der Waals surface area contributed by atoms with Gasteiger partial charge < -0.3 is 9.64 Å². The molecule has 23 heavy (non-hydrogen) atoms. The zero-order valence-electron chi connectivity index (χ0n) is 13.0. The number of ether oxygens (including phenoxy) is 1. The summed E-state index contributed by atoms with van der Waals surface area (Å²) < 4.78 is 5.14. The predicted molar refractivity (Wildman–Crippen MR) is 90.8 cm³/mol. The summed E-state index contributed by atoms with van der Waals surface area (Å²) in [5, 5.41) is 0.718. The van der Waals surface area contributed by atoms with Crippen molar-refractivity contribution in [2.75, 3.05) is 25.2 Å². The summed E-state index contributed by atoms with van der Waals surface area (Å²) in [6.07, 6.45) is 4.28. The quantitative estimate of drug-likeness (QED) is 0.814. The van der Waals surface area contributed by atoms with Crippen molar-refractivity contribution in [3.63, 3.8) is 0 Å². The molecular weight excluding hydrogens is 312 g/mol. The molecule has 0 aliphatic heterocycles. The molecule has 0 radical (unpaired) electrons. The molecule has 1 fully saturated rings. The van der Waals surface area contributed by atoms with Gasteiger partial charge in [0.05, 0.1) is 6.61 Å². The minimum absolute atomic E-state index is 0.0289. The number of amides is 1. The van der Waals surface area contributed by atoms with E-state index in [2.05, 4.69) is 4.98 Å². The number of hydrogen-bond acceptors (Lipinski definition) is 3. The number of carbonyl (C=O) groups is 1. The summed E-state index contributed by atoms with van der Waals surface area (Å²) in [6, 6.07) is 11.5. The lowest BCUT2D eigenvalue weighted by molar-refractivity contribution is -0.120. The average Bonchev–Trinajstić information content (AvgIpc) is 3.37. The third-order valence-corrected chi connectivity index (χ3v) is 4.42. The zero-order chi connectivity index (χ0) is 16.2. The van der Waals surface area contributed by atoms with E-state index in [1.54, 1.807) is 24.4 Å². The smallest absolute Gasteiger partial charge is 0.230 e. The Balaban J connectivity index is 1.73. The van der Waals surface area contributed by atoms with Gasteiger partial charge in [-0.3, -0.25) is 9.78 Å². The predicted octanol–water partition coefficient (Wildman–Crippen LogP) is 3.52. The lowest BCUT2D eigenvalue weighted by Gasteiger charge is -2.22. The topological polar surface area (TPSA) is 42.4 Å². The van der Waals surface area contributed by atoms with E-state index in [1.807, 2.05) is 36.4 Å². The molecule has 2 aromatic rings. The number of hydrogen-bond donors (Lipinski definition) is 0. The van der Waals surface area contributed by atoms with Gasteiger partial charge in [0.1, 0.15) is 0 Å². The Labute approximate surface area is 141 Å². The highest BCUT2D eigenvalue weighted by atomic mass is 35.5. The summed E-state index contributed by atoms with van der Waals surface area (Å²) >= 11 is 5.93. The van der Waals surface area contributed by atoms with Gasteiger partial charge in [-0.25, -0.2) is 0 Å². The summed E-state index contributed by atoms with van der Waals surface area (Å²) in [5.41, 5.74) is 2.04. The molecule has 1 aromatic heterocycles. The molecule has 1 aromatic carbocycles. The lowest BCUT2D eigenvalue weighted by atomic mass is 10.1. The van der Waals surface area contributed by atoms with Crippen LogP contribution in [0.25, 0.3) is 0 Å². The maximum atomic E-state index is 12.9. The van der Waals surface area contributed by atoms with Crippen molar-refractivity contribution in [2.24, 2.45) is 5.92 Å². The van der Waals surface area contributed by atoms with E-state index in [1.165, 1.54) is 5.56 Å². The Bertz CT molecular complexity index is 660. The van der Waals surface area contributed by atoms with E-state index in [-0.39, 0.29) is 17.7 Å². The highest BCUT2D eigenvalue weighted by Gasteiger charge is 2.45. The summed E-state index contributed by atoms with van der Waals surface area (Å²) in [6.45, 7) is 1.05. The van der Waals surface area contributed by atoms with Gasteiger partial charge in [0.2, 0.25) is 5.91 Å². The number of anilines is 1. The number of nitrogens with zero attached hydrogens (tertiary/aromatic N) is 2. The standard InChI is InChI=1S/C18H19ClN2O2/c1-23-11-10-21(15-6-8-20-9-7-15)18(22)17-12-16(17)13-2-4-14(19)5-3-13/h2-9,16-17H,10-12H2,1H3/t16-,17-/m0/s1. The molecule has 4 nitrogen and oxygen atoms in total. The second-order valence-electron chi connectivity index (χ2n) is 5.69. The first-order valence-electron chi connectivity index (χ1n) is 7.66. The fourth-order valence-corrected chi connectivity index (χ4v) is 2.95. The molecule has 3 rings (SSSR count). The van der Waals surface area contributed by atoms with Crippen LogP contribution >= 0.6 is 11.6 Å². The number of methoxy groups -OCH3 is 1. The van der Waals surface area contributed by atoms with Gasteiger partial charge in [-0.2, -0.15) is 0 Å². The van der Waals surface area contributed by atoms with Crippen LogP contribution in [0.15, 0.2) is 48.8 Å². The van der Waals surface area contributed by atoms with Crippen molar-refractivity contribution < 1.29 is 9.53 Å². The molecule has 0 N–H and O–H groups in total. The van der Waals surface area contributed by atoms with Crippen LogP contribution in [0.3, 0.4) is 0 Å². The molecule has 120 valence electrons. The van der Waals surface area contributed by atoms with Crippen molar-refractivity contribution >= 4 is 23.2 Å². The molecule has 0 spiro atoms. The number of aromatic nitrogens is 1. The SMILES string of the molecule is COCCN(C(=O)[C@H]1C[C@H]1c1ccc(Cl)cc1)c1ccncc1. The van der Waals surface area contributed by atoms with E-state index < -0.39 is 0 Å². The molecular formula is C18H19ClN2O2. The monoisotopic (exact) mass is 330 g/mol. The molecule has 1 amide bonds. The maximum absolute atomic E-state index is 12.9. The van der Waals surface area contributed by atoms with Crippen LogP contribution in [0.1, 0.15) is 17.9 Å². The number of halogens is 1. The highest BCUT2D eigenvalue weighted by molar-refractivity contribution is 6.30. The zero-order valence-corrected chi connectivity index (χ0v) is 13.7.